The normalized spacial score (nSPS) is 14.0. The van der Waals surface area contributed by atoms with E-state index in [0.29, 0.717) is 0 Å². The van der Waals surface area contributed by atoms with Crippen LogP contribution in [0, 0.1) is 6.07 Å². The second kappa shape index (κ2) is 2.18. The lowest BCUT2D eigenvalue weighted by molar-refractivity contribution is 1.22. The second-order valence-electron chi connectivity index (χ2n) is 2.33. The van der Waals surface area contributed by atoms with Gasteiger partial charge in [-0.2, -0.15) is 0 Å². The Balaban J connectivity index is 2.47. The summed E-state index contributed by atoms with van der Waals surface area (Å²) in [7, 11) is 0. The first-order chi connectivity index (χ1) is 4.97. The molecule has 49 valence electrons. The molecule has 1 aliphatic heterocycles. The Labute approximate surface area is 60.4 Å². The van der Waals surface area contributed by atoms with E-state index in [1.165, 1.54) is 11.3 Å². The SMILES string of the molecule is [c]1ccc2c(c1)NC=CC2. The van der Waals surface area contributed by atoms with Gasteiger partial charge in [-0.1, -0.05) is 18.2 Å². The minimum atomic E-state index is 1.04. The van der Waals surface area contributed by atoms with Crippen molar-refractivity contribution >= 4 is 5.69 Å². The first kappa shape index (κ1) is 5.54. The van der Waals surface area contributed by atoms with Gasteiger partial charge in [-0.25, -0.2) is 0 Å². The van der Waals surface area contributed by atoms with Gasteiger partial charge in [0.2, 0.25) is 0 Å². The summed E-state index contributed by atoms with van der Waals surface area (Å²) in [4.78, 5) is 0. The highest BCUT2D eigenvalue weighted by molar-refractivity contribution is 5.55. The van der Waals surface area contributed by atoms with E-state index >= 15 is 0 Å². The summed E-state index contributed by atoms with van der Waals surface area (Å²) in [6.07, 6.45) is 5.12. The maximum Gasteiger partial charge on any atom is 0.0421 e. The number of hydrogen-bond acceptors (Lipinski definition) is 1. The minimum Gasteiger partial charge on any atom is -0.362 e. The average Bonchev–Trinajstić information content (AvgIpc) is 2.05. The third-order valence-electron chi connectivity index (χ3n) is 1.65. The number of anilines is 1. The van der Waals surface area contributed by atoms with Crippen LogP contribution in [0.3, 0.4) is 0 Å². The lowest BCUT2D eigenvalue weighted by Gasteiger charge is -2.10. The molecule has 1 aromatic carbocycles. The van der Waals surface area contributed by atoms with E-state index in [2.05, 4.69) is 23.5 Å². The molecule has 0 saturated heterocycles. The van der Waals surface area contributed by atoms with Crippen molar-refractivity contribution in [3.63, 3.8) is 0 Å². The van der Waals surface area contributed by atoms with Gasteiger partial charge >= 0.3 is 0 Å². The molecule has 0 aromatic heterocycles. The predicted octanol–water partition coefficient (Wildman–Crippen LogP) is 1.97. The predicted molar refractivity (Wildman–Crippen MR) is 41.7 cm³/mol. The number of allylic oxidation sites excluding steroid dienone is 1. The molecule has 0 saturated carbocycles. The molecule has 1 nitrogen and oxygen atoms in total. The molecule has 1 heteroatoms. The van der Waals surface area contributed by atoms with E-state index in [0.717, 1.165) is 6.42 Å². The zero-order valence-corrected chi connectivity index (χ0v) is 5.59. The topological polar surface area (TPSA) is 12.0 Å². The third-order valence-corrected chi connectivity index (χ3v) is 1.65. The van der Waals surface area contributed by atoms with Gasteiger partial charge in [-0.3, -0.25) is 0 Å². The van der Waals surface area contributed by atoms with Crippen LogP contribution in [0.25, 0.3) is 0 Å². The van der Waals surface area contributed by atoms with Gasteiger partial charge in [-0.05, 0) is 30.3 Å². The zero-order chi connectivity index (χ0) is 6.81. The van der Waals surface area contributed by atoms with E-state index in [1.807, 2.05) is 18.3 Å². The second-order valence-corrected chi connectivity index (χ2v) is 2.33. The summed E-state index contributed by atoms with van der Waals surface area (Å²) in [6, 6.07) is 9.03. The molecule has 0 spiro atoms. The van der Waals surface area contributed by atoms with E-state index < -0.39 is 0 Å². The van der Waals surface area contributed by atoms with E-state index in [1.54, 1.807) is 0 Å². The number of fused-ring (bicyclic) bond motifs is 1. The monoisotopic (exact) mass is 130 g/mol. The van der Waals surface area contributed by atoms with Gasteiger partial charge in [0.15, 0.2) is 0 Å². The highest BCUT2D eigenvalue weighted by Gasteiger charge is 2.00. The number of hydrogen-bond donors (Lipinski definition) is 1. The molecule has 1 radical (unpaired) electrons. The fraction of sp³-hybridized carbons (Fsp3) is 0.111. The van der Waals surface area contributed by atoms with Crippen LogP contribution in [-0.2, 0) is 6.42 Å². The van der Waals surface area contributed by atoms with Crippen LogP contribution in [0.2, 0.25) is 0 Å². The molecule has 0 aliphatic carbocycles. The van der Waals surface area contributed by atoms with E-state index in [9.17, 15) is 0 Å². The Kier molecular flexibility index (Phi) is 1.21. The Morgan fingerprint density at radius 2 is 2.50 bits per heavy atom. The number of nitrogens with one attached hydrogen (secondary N) is 1. The van der Waals surface area contributed by atoms with Crippen LogP contribution in [0.1, 0.15) is 5.56 Å². The summed E-state index contributed by atoms with van der Waals surface area (Å²) in [5, 5.41) is 3.15. The van der Waals surface area contributed by atoms with Crippen LogP contribution < -0.4 is 5.32 Å². The Hall–Kier alpha value is -1.24. The quantitative estimate of drug-likeness (QED) is 0.566. The van der Waals surface area contributed by atoms with E-state index in [-0.39, 0.29) is 0 Å². The summed E-state index contributed by atoms with van der Waals surface area (Å²) >= 11 is 0. The maximum absolute atomic E-state index is 3.15. The molecule has 1 N–H and O–H groups in total. The van der Waals surface area contributed by atoms with Crippen LogP contribution in [0.5, 0.6) is 0 Å². The van der Waals surface area contributed by atoms with Crippen LogP contribution in [0.4, 0.5) is 5.69 Å². The van der Waals surface area contributed by atoms with Crippen LogP contribution in [0.15, 0.2) is 30.5 Å². The van der Waals surface area contributed by atoms with Crippen molar-refractivity contribution in [2.45, 2.75) is 6.42 Å². The molecule has 10 heavy (non-hydrogen) atoms. The molecule has 1 aromatic rings. The van der Waals surface area contributed by atoms with Crippen molar-refractivity contribution < 1.29 is 0 Å². The summed E-state index contributed by atoms with van der Waals surface area (Å²) in [6.45, 7) is 0. The molecule has 0 fully saturated rings. The van der Waals surface area contributed by atoms with Crippen LogP contribution in [-0.4, -0.2) is 0 Å². The van der Waals surface area contributed by atoms with Gasteiger partial charge in [0, 0.05) is 5.69 Å². The smallest absolute Gasteiger partial charge is 0.0421 e. The van der Waals surface area contributed by atoms with E-state index in [4.69, 9.17) is 0 Å². The molecule has 0 unspecified atom stereocenters. The standard InChI is InChI=1S/C9H8N/c1-2-6-9-8(4-1)5-3-7-10-9/h1,3-4,6-7,10H,5H2. The maximum atomic E-state index is 3.15. The lowest BCUT2D eigenvalue weighted by atomic mass is 10.1. The summed E-state index contributed by atoms with van der Waals surface area (Å²) in [5.74, 6) is 0. The van der Waals surface area contributed by atoms with Crippen molar-refractivity contribution in [2.24, 2.45) is 0 Å². The minimum absolute atomic E-state index is 1.04. The first-order valence-electron chi connectivity index (χ1n) is 3.37. The highest BCUT2D eigenvalue weighted by atomic mass is 14.8. The molecular weight excluding hydrogens is 122 g/mol. The molecule has 1 heterocycles. The number of rotatable bonds is 0. The summed E-state index contributed by atoms with van der Waals surface area (Å²) in [5.41, 5.74) is 2.53. The van der Waals surface area contributed by atoms with Gasteiger partial charge < -0.3 is 5.32 Å². The van der Waals surface area contributed by atoms with Gasteiger partial charge in [0.1, 0.15) is 0 Å². The van der Waals surface area contributed by atoms with Crippen molar-refractivity contribution in [1.82, 2.24) is 0 Å². The molecule has 0 atom stereocenters. The van der Waals surface area contributed by atoms with Gasteiger partial charge in [0.25, 0.3) is 0 Å². The van der Waals surface area contributed by atoms with Gasteiger partial charge in [0.05, 0.1) is 0 Å². The fourth-order valence-corrected chi connectivity index (χ4v) is 1.11. The van der Waals surface area contributed by atoms with Crippen molar-refractivity contribution in [3.05, 3.63) is 42.1 Å². The van der Waals surface area contributed by atoms with Crippen molar-refractivity contribution in [2.75, 3.05) is 5.32 Å². The highest BCUT2D eigenvalue weighted by Crippen LogP contribution is 2.18. The molecule has 0 amide bonds. The Morgan fingerprint density at radius 3 is 3.40 bits per heavy atom. The largest absolute Gasteiger partial charge is 0.362 e. The molecule has 1 aliphatic rings. The van der Waals surface area contributed by atoms with Gasteiger partial charge in [-0.15, -0.1) is 0 Å². The zero-order valence-electron chi connectivity index (χ0n) is 5.59. The van der Waals surface area contributed by atoms with Crippen molar-refractivity contribution in [3.8, 4) is 0 Å². The molecule has 0 bridgehead atoms. The molecule has 2 rings (SSSR count). The lowest BCUT2D eigenvalue weighted by Crippen LogP contribution is -1.98. The molecular formula is C9H8N. The average molecular weight is 130 g/mol. The summed E-state index contributed by atoms with van der Waals surface area (Å²) < 4.78 is 0. The number of benzene rings is 1. The van der Waals surface area contributed by atoms with Crippen LogP contribution >= 0.6 is 0 Å². The fourth-order valence-electron chi connectivity index (χ4n) is 1.11. The third kappa shape index (κ3) is 0.798. The Bertz CT molecular complexity index is 236. The van der Waals surface area contributed by atoms with Crippen molar-refractivity contribution in [1.29, 1.82) is 0 Å². The first-order valence-corrected chi connectivity index (χ1v) is 3.37. The Morgan fingerprint density at radius 1 is 1.50 bits per heavy atom.